The summed E-state index contributed by atoms with van der Waals surface area (Å²) in [4.78, 5) is 21.9. The number of carbonyl (C=O) groups is 1. The van der Waals surface area contributed by atoms with Crippen LogP contribution in [-0.4, -0.2) is 60.7 Å². The molecule has 0 spiro atoms. The summed E-state index contributed by atoms with van der Waals surface area (Å²) in [7, 11) is 0. The summed E-state index contributed by atoms with van der Waals surface area (Å²) >= 11 is 0. The van der Waals surface area contributed by atoms with Crippen LogP contribution in [-0.2, 0) is 11.0 Å². The monoisotopic (exact) mass is 449 g/mol. The maximum Gasteiger partial charge on any atom is 0.419 e. The molecule has 32 heavy (non-hydrogen) atoms. The molecule has 0 N–H and O–H groups in total. The molecule has 1 amide bonds. The van der Waals surface area contributed by atoms with Crippen LogP contribution in [0.5, 0.6) is 0 Å². The normalized spacial score (nSPS) is 22.9. The average molecular weight is 449 g/mol. The zero-order valence-corrected chi connectivity index (χ0v) is 17.9. The molecule has 1 aliphatic carbocycles. The van der Waals surface area contributed by atoms with E-state index in [1.165, 1.54) is 30.5 Å². The van der Waals surface area contributed by atoms with Gasteiger partial charge in [-0.3, -0.25) is 14.7 Å². The van der Waals surface area contributed by atoms with Crippen LogP contribution < -0.4 is 0 Å². The van der Waals surface area contributed by atoms with Gasteiger partial charge >= 0.3 is 6.18 Å². The number of aliphatic imine (C=N–C) groups is 1. The summed E-state index contributed by atoms with van der Waals surface area (Å²) in [5.41, 5.74) is 1.69. The van der Waals surface area contributed by atoms with Crippen molar-refractivity contribution in [3.8, 4) is 0 Å². The maximum atomic E-state index is 14.0. The van der Waals surface area contributed by atoms with Crippen LogP contribution in [0, 0.1) is 11.7 Å². The van der Waals surface area contributed by atoms with Crippen LogP contribution in [0.3, 0.4) is 0 Å². The molecule has 1 saturated carbocycles. The van der Waals surface area contributed by atoms with E-state index in [9.17, 15) is 22.4 Å². The molecule has 5 rings (SSSR count). The third-order valence-corrected chi connectivity index (χ3v) is 7.22. The Bertz CT molecular complexity index is 972. The number of hydrogen-bond donors (Lipinski definition) is 0. The highest BCUT2D eigenvalue weighted by molar-refractivity contribution is 6.46. The fourth-order valence-corrected chi connectivity index (χ4v) is 5.29. The van der Waals surface area contributed by atoms with Crippen molar-refractivity contribution in [3.63, 3.8) is 0 Å². The first-order valence-electron chi connectivity index (χ1n) is 11.4. The van der Waals surface area contributed by atoms with Crippen molar-refractivity contribution < 1.29 is 22.4 Å². The van der Waals surface area contributed by atoms with E-state index in [0.717, 1.165) is 43.6 Å². The molecular formula is C24H27F4N3O. The van der Waals surface area contributed by atoms with Gasteiger partial charge in [0.2, 0.25) is 0 Å². The Morgan fingerprint density at radius 2 is 1.84 bits per heavy atom. The Hall–Kier alpha value is -2.22. The quantitative estimate of drug-likeness (QED) is 0.638. The van der Waals surface area contributed by atoms with Gasteiger partial charge in [-0.05, 0) is 66.7 Å². The minimum absolute atomic E-state index is 0.00389. The molecule has 0 radical (unpaired) electrons. The van der Waals surface area contributed by atoms with E-state index in [0.29, 0.717) is 38.2 Å². The van der Waals surface area contributed by atoms with Crippen LogP contribution in [0.15, 0.2) is 34.3 Å². The number of hydrogen-bond acceptors (Lipinski definition) is 3. The minimum atomic E-state index is -4.73. The zero-order chi connectivity index (χ0) is 22.5. The SMILES string of the molecule is O=C(C1=NCC2=C1CN(CC1CC1)CC2)N1CCC(c2cccc(F)c2C(F)(F)F)CC1. The lowest BCUT2D eigenvalue weighted by Crippen LogP contribution is -2.44. The molecule has 0 atom stereocenters. The van der Waals surface area contributed by atoms with Gasteiger partial charge in [0.05, 0.1) is 12.1 Å². The molecule has 0 aromatic heterocycles. The summed E-state index contributed by atoms with van der Waals surface area (Å²) in [6.07, 6.45) is -0.444. The Balaban J connectivity index is 1.25. The largest absolute Gasteiger partial charge is 0.419 e. The number of halogens is 4. The Morgan fingerprint density at radius 1 is 1.09 bits per heavy atom. The first-order chi connectivity index (χ1) is 15.3. The van der Waals surface area contributed by atoms with Gasteiger partial charge in [0.1, 0.15) is 11.5 Å². The van der Waals surface area contributed by atoms with E-state index >= 15 is 0 Å². The van der Waals surface area contributed by atoms with E-state index in [-0.39, 0.29) is 11.5 Å². The summed E-state index contributed by atoms with van der Waals surface area (Å²) in [6.45, 7) is 4.16. The molecule has 4 aliphatic rings. The topological polar surface area (TPSA) is 35.9 Å². The lowest BCUT2D eigenvalue weighted by atomic mass is 9.85. The summed E-state index contributed by atoms with van der Waals surface area (Å²) in [5, 5.41) is 0. The molecule has 8 heteroatoms. The highest BCUT2D eigenvalue weighted by atomic mass is 19.4. The molecule has 172 valence electrons. The minimum Gasteiger partial charge on any atom is -0.337 e. The molecular weight excluding hydrogens is 422 g/mol. The van der Waals surface area contributed by atoms with E-state index in [4.69, 9.17) is 0 Å². The highest BCUT2D eigenvalue weighted by Gasteiger charge is 2.40. The highest BCUT2D eigenvalue weighted by Crippen LogP contribution is 2.40. The number of alkyl halides is 3. The van der Waals surface area contributed by atoms with E-state index in [1.54, 1.807) is 4.90 Å². The second kappa shape index (κ2) is 8.28. The molecule has 1 aromatic carbocycles. The van der Waals surface area contributed by atoms with Crippen molar-refractivity contribution in [1.82, 2.24) is 9.80 Å². The van der Waals surface area contributed by atoms with E-state index in [2.05, 4.69) is 9.89 Å². The van der Waals surface area contributed by atoms with Crippen molar-refractivity contribution in [1.29, 1.82) is 0 Å². The molecule has 3 heterocycles. The first kappa shape index (κ1) is 21.6. The third-order valence-electron chi connectivity index (χ3n) is 7.22. The smallest absolute Gasteiger partial charge is 0.337 e. The van der Waals surface area contributed by atoms with Gasteiger partial charge in [-0.15, -0.1) is 0 Å². The molecule has 3 aliphatic heterocycles. The summed E-state index contributed by atoms with van der Waals surface area (Å²) in [5.74, 6) is -0.980. The van der Waals surface area contributed by atoms with Crippen molar-refractivity contribution in [2.45, 2.75) is 44.2 Å². The number of amides is 1. The second-order valence-electron chi connectivity index (χ2n) is 9.44. The van der Waals surface area contributed by atoms with Crippen LogP contribution in [0.25, 0.3) is 0 Å². The lowest BCUT2D eigenvalue weighted by Gasteiger charge is -2.34. The molecule has 1 saturated heterocycles. The van der Waals surface area contributed by atoms with Crippen molar-refractivity contribution in [2.75, 3.05) is 39.3 Å². The van der Waals surface area contributed by atoms with Gasteiger partial charge in [-0.1, -0.05) is 12.1 Å². The van der Waals surface area contributed by atoms with E-state index in [1.807, 2.05) is 0 Å². The molecule has 1 aromatic rings. The molecule has 4 nitrogen and oxygen atoms in total. The summed E-state index contributed by atoms with van der Waals surface area (Å²) < 4.78 is 54.2. The number of nitrogens with zero attached hydrogens (tertiary/aromatic N) is 3. The first-order valence-corrected chi connectivity index (χ1v) is 11.4. The number of carbonyl (C=O) groups excluding carboxylic acids is 1. The zero-order valence-electron chi connectivity index (χ0n) is 17.9. The maximum absolute atomic E-state index is 14.0. The predicted octanol–water partition coefficient (Wildman–Crippen LogP) is 4.42. The number of likely N-dealkylation sites (tertiary alicyclic amines) is 1. The van der Waals surface area contributed by atoms with E-state index < -0.39 is 23.5 Å². The molecule has 0 bridgehead atoms. The number of rotatable bonds is 4. The Labute approximate surface area is 185 Å². The van der Waals surface area contributed by atoms with Crippen LogP contribution in [0.1, 0.15) is 49.1 Å². The van der Waals surface area contributed by atoms with Crippen LogP contribution >= 0.6 is 0 Å². The third kappa shape index (κ3) is 4.21. The number of benzene rings is 1. The van der Waals surface area contributed by atoms with Crippen molar-refractivity contribution in [3.05, 3.63) is 46.3 Å². The van der Waals surface area contributed by atoms with Crippen LogP contribution in [0.2, 0.25) is 0 Å². The van der Waals surface area contributed by atoms with Crippen molar-refractivity contribution >= 4 is 11.6 Å². The lowest BCUT2D eigenvalue weighted by molar-refractivity contribution is -0.141. The summed E-state index contributed by atoms with van der Waals surface area (Å²) in [6, 6.07) is 3.54. The Morgan fingerprint density at radius 3 is 2.53 bits per heavy atom. The number of piperidine rings is 1. The van der Waals surface area contributed by atoms with Crippen LogP contribution in [0.4, 0.5) is 17.6 Å². The Kier molecular flexibility index (Phi) is 5.60. The van der Waals surface area contributed by atoms with Gasteiger partial charge in [0.25, 0.3) is 5.91 Å². The van der Waals surface area contributed by atoms with Gasteiger partial charge in [0.15, 0.2) is 0 Å². The average Bonchev–Trinajstić information content (AvgIpc) is 3.48. The van der Waals surface area contributed by atoms with Gasteiger partial charge in [-0.25, -0.2) is 4.39 Å². The fourth-order valence-electron chi connectivity index (χ4n) is 5.29. The van der Waals surface area contributed by atoms with Crippen molar-refractivity contribution in [2.24, 2.45) is 10.9 Å². The van der Waals surface area contributed by atoms with Gasteiger partial charge < -0.3 is 4.90 Å². The molecule has 2 fully saturated rings. The van der Waals surface area contributed by atoms with Gasteiger partial charge in [0, 0.05) is 32.7 Å². The standard InChI is InChI=1S/C24H27F4N3O/c25-20-3-1-2-18(21(20)24(26,27)28)16-7-10-31(11-8-16)23(32)22-19-14-30(13-15-4-5-15)9-6-17(19)12-29-22/h1-3,15-16H,4-14H2. The second-order valence-corrected chi connectivity index (χ2v) is 9.44. The van der Waals surface area contributed by atoms with Gasteiger partial charge in [-0.2, -0.15) is 13.2 Å². The molecule has 0 unspecified atom stereocenters. The predicted molar refractivity (Wildman–Crippen MR) is 113 cm³/mol. The fraction of sp³-hybridized carbons (Fsp3) is 0.583.